The second-order valence-electron chi connectivity index (χ2n) is 8.40. The minimum atomic E-state index is -1.05. The number of Topliss-reactive ketones (excluding diaryl/α,β-unsaturated/α-hetero) is 1. The maximum absolute atomic E-state index is 13.1. The van der Waals surface area contributed by atoms with Crippen molar-refractivity contribution in [2.45, 2.75) is 40.2 Å². The van der Waals surface area contributed by atoms with Gasteiger partial charge in [0.15, 0.2) is 5.78 Å². The number of amides is 1. The minimum Gasteiger partial charge on any atom is -0.459 e. The zero-order valence-electron chi connectivity index (χ0n) is 17.5. The van der Waals surface area contributed by atoms with Crippen molar-refractivity contribution in [2.75, 3.05) is 5.32 Å². The average Bonchev–Trinajstić information content (AvgIpc) is 2.91. The molecule has 0 aromatic heterocycles. The van der Waals surface area contributed by atoms with Gasteiger partial charge in [-0.25, -0.2) is 0 Å². The molecule has 1 fully saturated rings. The number of nitrogens with one attached hydrogen (secondary N) is 1. The summed E-state index contributed by atoms with van der Waals surface area (Å²) in [7, 11) is 0. The van der Waals surface area contributed by atoms with E-state index in [1.54, 1.807) is 45.0 Å². The van der Waals surface area contributed by atoms with Gasteiger partial charge in [-0.1, -0.05) is 54.4 Å². The van der Waals surface area contributed by atoms with Gasteiger partial charge in [0, 0.05) is 23.1 Å². The number of hydrogen-bond donors (Lipinski definition) is 1. The largest absolute Gasteiger partial charge is 0.459 e. The fourth-order valence-corrected chi connectivity index (χ4v) is 4.10. The Morgan fingerprint density at radius 1 is 0.966 bits per heavy atom. The van der Waals surface area contributed by atoms with E-state index < -0.39 is 35.2 Å². The van der Waals surface area contributed by atoms with Crippen LogP contribution in [-0.2, 0) is 14.3 Å². The molecule has 2 aromatic carbocycles. The summed E-state index contributed by atoms with van der Waals surface area (Å²) >= 11 is 0. The van der Waals surface area contributed by atoms with Crippen molar-refractivity contribution >= 4 is 23.3 Å². The van der Waals surface area contributed by atoms with Crippen molar-refractivity contribution in [1.82, 2.24) is 0 Å². The number of carbonyl (C=O) groups is 3. The molecule has 0 bridgehead atoms. The highest BCUT2D eigenvalue weighted by Gasteiger charge is 2.56. The van der Waals surface area contributed by atoms with E-state index in [0.29, 0.717) is 11.3 Å². The first-order valence-electron chi connectivity index (χ1n) is 9.81. The number of anilines is 1. The van der Waals surface area contributed by atoms with E-state index in [1.807, 2.05) is 38.1 Å². The van der Waals surface area contributed by atoms with E-state index in [0.717, 1.165) is 11.1 Å². The molecular formula is C24H27NO4. The Morgan fingerprint density at radius 2 is 1.48 bits per heavy atom. The quantitative estimate of drug-likeness (QED) is 0.466. The molecule has 1 aliphatic heterocycles. The van der Waals surface area contributed by atoms with Crippen LogP contribution in [0.4, 0.5) is 5.69 Å². The second kappa shape index (κ2) is 7.82. The summed E-state index contributed by atoms with van der Waals surface area (Å²) in [5.74, 6) is -3.32. The maximum atomic E-state index is 13.1. The van der Waals surface area contributed by atoms with Gasteiger partial charge < -0.3 is 10.1 Å². The highest BCUT2D eigenvalue weighted by Crippen LogP contribution is 2.43. The van der Waals surface area contributed by atoms with Gasteiger partial charge in [-0.15, -0.1) is 0 Å². The highest BCUT2D eigenvalue weighted by molar-refractivity contribution is 6.07. The summed E-state index contributed by atoms with van der Waals surface area (Å²) in [4.78, 5) is 38.7. The summed E-state index contributed by atoms with van der Waals surface area (Å²) in [6.45, 7) is 9.19. The molecule has 0 unspecified atom stereocenters. The number of carbonyl (C=O) groups excluding carboxylic acids is 3. The number of cyclic esters (lactones) is 1. The van der Waals surface area contributed by atoms with Crippen LogP contribution in [0.2, 0.25) is 0 Å². The lowest BCUT2D eigenvalue weighted by atomic mass is 9.72. The Balaban J connectivity index is 1.87. The van der Waals surface area contributed by atoms with Crippen LogP contribution < -0.4 is 5.32 Å². The molecular weight excluding hydrogens is 366 g/mol. The number of hydrogen-bond acceptors (Lipinski definition) is 4. The first-order valence-corrected chi connectivity index (χ1v) is 9.81. The van der Waals surface area contributed by atoms with Crippen LogP contribution in [-0.4, -0.2) is 23.3 Å². The number of rotatable bonds is 5. The zero-order chi connectivity index (χ0) is 21.3. The monoisotopic (exact) mass is 393 g/mol. The van der Waals surface area contributed by atoms with E-state index in [1.165, 1.54) is 0 Å². The van der Waals surface area contributed by atoms with Crippen molar-refractivity contribution in [3.8, 4) is 0 Å². The summed E-state index contributed by atoms with van der Waals surface area (Å²) in [6, 6.07) is 14.6. The predicted octanol–water partition coefficient (Wildman–Crippen LogP) is 4.33. The number of aryl methyl sites for hydroxylation is 2. The van der Waals surface area contributed by atoms with E-state index in [9.17, 15) is 14.4 Å². The summed E-state index contributed by atoms with van der Waals surface area (Å²) in [6.07, 6.45) is 0. The fraction of sp³-hybridized carbons (Fsp3) is 0.375. The summed E-state index contributed by atoms with van der Waals surface area (Å²) in [5, 5.41) is 2.80. The first kappa shape index (κ1) is 20.8. The number of ketones is 1. The van der Waals surface area contributed by atoms with Gasteiger partial charge in [0.2, 0.25) is 5.91 Å². The van der Waals surface area contributed by atoms with Crippen LogP contribution in [0.25, 0.3) is 0 Å². The minimum absolute atomic E-state index is 0.102. The third-order valence-electron chi connectivity index (χ3n) is 5.67. The molecule has 1 N–H and O–H groups in total. The molecule has 0 spiro atoms. The molecule has 0 saturated carbocycles. The maximum Gasteiger partial charge on any atom is 0.319 e. The molecule has 0 aliphatic carbocycles. The van der Waals surface area contributed by atoms with Crippen LogP contribution in [0, 0.1) is 31.6 Å². The standard InChI is InChI=1S/C24H27NO4/c1-14-6-10-17(11-7-14)21(26)16(3)20-19(23(28)29-24(20,4)5)22(27)25-18-12-8-15(2)9-13-18/h6-13,16,19-20H,1-5H3,(H,25,27)/t16-,19+,20-/m1/s1. The van der Waals surface area contributed by atoms with Gasteiger partial charge in [0.1, 0.15) is 11.5 Å². The molecule has 1 aliphatic rings. The third kappa shape index (κ3) is 4.24. The van der Waals surface area contributed by atoms with Gasteiger partial charge in [0.05, 0.1) is 0 Å². The van der Waals surface area contributed by atoms with Crippen molar-refractivity contribution in [2.24, 2.45) is 17.8 Å². The lowest BCUT2D eigenvalue weighted by Crippen LogP contribution is -2.42. The Labute approximate surface area is 171 Å². The van der Waals surface area contributed by atoms with Crippen molar-refractivity contribution in [1.29, 1.82) is 0 Å². The van der Waals surface area contributed by atoms with Crippen molar-refractivity contribution in [3.05, 3.63) is 65.2 Å². The van der Waals surface area contributed by atoms with Gasteiger partial charge in [0.25, 0.3) is 0 Å². The van der Waals surface area contributed by atoms with Crippen LogP contribution in [0.5, 0.6) is 0 Å². The summed E-state index contributed by atoms with van der Waals surface area (Å²) in [5.41, 5.74) is 2.38. The molecule has 5 heteroatoms. The Kier molecular flexibility index (Phi) is 5.60. The fourth-order valence-electron chi connectivity index (χ4n) is 4.10. The van der Waals surface area contributed by atoms with Gasteiger partial charge in [-0.3, -0.25) is 14.4 Å². The molecule has 152 valence electrons. The number of ether oxygens (including phenoxy) is 1. The Hall–Kier alpha value is -2.95. The first-order chi connectivity index (χ1) is 13.6. The Bertz CT molecular complexity index is 928. The molecule has 2 aromatic rings. The zero-order valence-corrected chi connectivity index (χ0v) is 17.5. The van der Waals surface area contributed by atoms with Crippen LogP contribution in [0.15, 0.2) is 48.5 Å². The van der Waals surface area contributed by atoms with E-state index >= 15 is 0 Å². The second-order valence-corrected chi connectivity index (χ2v) is 8.40. The van der Waals surface area contributed by atoms with Crippen LogP contribution in [0.1, 0.15) is 42.3 Å². The Morgan fingerprint density at radius 3 is 2.03 bits per heavy atom. The van der Waals surface area contributed by atoms with E-state index in [-0.39, 0.29) is 5.78 Å². The topological polar surface area (TPSA) is 72.5 Å². The SMILES string of the molecule is Cc1ccc(NC(=O)[C@H]2C(=O)OC(C)(C)[C@@H]2[C@@H](C)C(=O)c2ccc(C)cc2)cc1. The normalized spacial score (nSPS) is 21.3. The molecule has 1 amide bonds. The lowest BCUT2D eigenvalue weighted by Gasteiger charge is -2.31. The summed E-state index contributed by atoms with van der Waals surface area (Å²) < 4.78 is 5.53. The van der Waals surface area contributed by atoms with Gasteiger partial charge >= 0.3 is 5.97 Å². The molecule has 5 nitrogen and oxygen atoms in total. The molecule has 1 heterocycles. The smallest absolute Gasteiger partial charge is 0.319 e. The molecule has 1 saturated heterocycles. The van der Waals surface area contributed by atoms with Crippen molar-refractivity contribution in [3.63, 3.8) is 0 Å². The van der Waals surface area contributed by atoms with Crippen LogP contribution in [0.3, 0.4) is 0 Å². The van der Waals surface area contributed by atoms with Gasteiger partial charge in [-0.05, 0) is 39.8 Å². The molecule has 29 heavy (non-hydrogen) atoms. The molecule has 3 atom stereocenters. The van der Waals surface area contributed by atoms with E-state index in [4.69, 9.17) is 4.74 Å². The number of benzene rings is 2. The average molecular weight is 393 g/mol. The highest BCUT2D eigenvalue weighted by atomic mass is 16.6. The van der Waals surface area contributed by atoms with Crippen molar-refractivity contribution < 1.29 is 19.1 Å². The molecule has 3 rings (SSSR count). The van der Waals surface area contributed by atoms with E-state index in [2.05, 4.69) is 5.32 Å². The molecule has 0 radical (unpaired) electrons. The number of esters is 1. The third-order valence-corrected chi connectivity index (χ3v) is 5.67. The van der Waals surface area contributed by atoms with Crippen LogP contribution >= 0.6 is 0 Å². The van der Waals surface area contributed by atoms with Gasteiger partial charge in [-0.2, -0.15) is 0 Å². The lowest BCUT2D eigenvalue weighted by molar-refractivity contribution is -0.150. The predicted molar refractivity (Wildman–Crippen MR) is 112 cm³/mol.